The predicted molar refractivity (Wildman–Crippen MR) is 97.4 cm³/mol. The van der Waals surface area contributed by atoms with E-state index < -0.39 is 5.97 Å². The number of benzene rings is 1. The molecule has 0 radical (unpaired) electrons. The molecule has 2 aromatic rings. The highest BCUT2D eigenvalue weighted by molar-refractivity contribution is 6.04. The molecule has 0 bridgehead atoms. The van der Waals surface area contributed by atoms with Gasteiger partial charge in [-0.1, -0.05) is 0 Å². The van der Waals surface area contributed by atoms with E-state index in [0.717, 1.165) is 25.1 Å². The third-order valence-electron chi connectivity index (χ3n) is 4.12. The van der Waals surface area contributed by atoms with Crippen molar-refractivity contribution in [1.82, 2.24) is 4.98 Å². The first-order valence-electron chi connectivity index (χ1n) is 8.46. The Morgan fingerprint density at radius 2 is 2.00 bits per heavy atom. The molecule has 1 aliphatic heterocycles. The second-order valence-corrected chi connectivity index (χ2v) is 6.00. The van der Waals surface area contributed by atoms with E-state index in [4.69, 9.17) is 4.74 Å². The highest BCUT2D eigenvalue weighted by atomic mass is 16.5. The van der Waals surface area contributed by atoms with E-state index >= 15 is 0 Å². The van der Waals surface area contributed by atoms with Crippen LogP contribution in [0.1, 0.15) is 33.6 Å². The molecule has 1 aromatic heterocycles. The number of hydrogen-bond acceptors (Lipinski definition) is 6. The van der Waals surface area contributed by atoms with Crippen LogP contribution in [0.15, 0.2) is 42.7 Å². The summed E-state index contributed by atoms with van der Waals surface area (Å²) >= 11 is 0. The first kappa shape index (κ1) is 17.9. The van der Waals surface area contributed by atoms with Crippen LogP contribution in [0, 0.1) is 0 Å². The molecular weight excluding hydrogens is 334 g/mol. The summed E-state index contributed by atoms with van der Waals surface area (Å²) in [6, 6.07) is 8.24. The Labute approximate surface area is 151 Å². The van der Waals surface area contributed by atoms with E-state index in [2.05, 4.69) is 20.4 Å². The van der Waals surface area contributed by atoms with Crippen molar-refractivity contribution >= 4 is 23.3 Å². The number of esters is 1. The molecule has 1 atom stereocenters. The fraction of sp³-hybridized carbons (Fsp3) is 0.316. The Hall–Kier alpha value is -2.93. The molecule has 26 heavy (non-hydrogen) atoms. The van der Waals surface area contributed by atoms with Gasteiger partial charge in [-0.3, -0.25) is 9.78 Å². The van der Waals surface area contributed by atoms with E-state index in [0.29, 0.717) is 23.4 Å². The number of nitrogens with zero attached hydrogens (tertiary/aromatic N) is 1. The van der Waals surface area contributed by atoms with Crippen molar-refractivity contribution in [2.24, 2.45) is 0 Å². The number of ether oxygens (including phenoxy) is 2. The topological polar surface area (TPSA) is 89.5 Å². The summed E-state index contributed by atoms with van der Waals surface area (Å²) in [5.41, 5.74) is 2.22. The third-order valence-corrected chi connectivity index (χ3v) is 4.12. The zero-order valence-corrected chi connectivity index (χ0v) is 14.5. The van der Waals surface area contributed by atoms with Crippen molar-refractivity contribution < 1.29 is 19.1 Å². The van der Waals surface area contributed by atoms with Crippen molar-refractivity contribution in [1.29, 1.82) is 0 Å². The Morgan fingerprint density at radius 1 is 1.19 bits per heavy atom. The third kappa shape index (κ3) is 4.58. The summed E-state index contributed by atoms with van der Waals surface area (Å²) in [6.45, 7) is 1.50. The van der Waals surface area contributed by atoms with E-state index in [9.17, 15) is 9.59 Å². The Bertz CT molecular complexity index is 771. The number of carbonyl (C=O) groups is 2. The van der Waals surface area contributed by atoms with Crippen molar-refractivity contribution in [2.75, 3.05) is 30.9 Å². The number of rotatable bonds is 6. The average Bonchev–Trinajstić information content (AvgIpc) is 3.20. The zero-order valence-electron chi connectivity index (χ0n) is 14.5. The summed E-state index contributed by atoms with van der Waals surface area (Å²) in [6.07, 6.45) is 5.52. The van der Waals surface area contributed by atoms with E-state index in [-0.39, 0.29) is 12.0 Å². The van der Waals surface area contributed by atoms with Crippen LogP contribution in [0.5, 0.6) is 0 Å². The minimum atomic E-state index is -0.419. The lowest BCUT2D eigenvalue weighted by Crippen LogP contribution is -2.19. The fourth-order valence-corrected chi connectivity index (χ4v) is 2.71. The maximum atomic E-state index is 12.4. The molecule has 3 rings (SSSR count). The minimum Gasteiger partial charge on any atom is -0.465 e. The maximum Gasteiger partial charge on any atom is 0.337 e. The SMILES string of the molecule is COC(=O)c1ccc(NC(=O)c2cncc(NCC3CCCO3)c2)cc1. The van der Waals surface area contributed by atoms with Crippen LogP contribution in [0.2, 0.25) is 0 Å². The highest BCUT2D eigenvalue weighted by Crippen LogP contribution is 2.16. The van der Waals surface area contributed by atoms with Crippen LogP contribution >= 0.6 is 0 Å². The number of anilines is 2. The van der Waals surface area contributed by atoms with E-state index in [1.54, 1.807) is 36.5 Å². The molecule has 1 unspecified atom stereocenters. The number of carbonyl (C=O) groups excluding carboxylic acids is 2. The lowest BCUT2D eigenvalue weighted by atomic mass is 10.2. The number of amides is 1. The molecule has 0 spiro atoms. The molecule has 0 saturated carbocycles. The number of hydrogen-bond donors (Lipinski definition) is 2. The quantitative estimate of drug-likeness (QED) is 0.775. The van der Waals surface area contributed by atoms with Gasteiger partial charge in [0.15, 0.2) is 0 Å². The number of aromatic nitrogens is 1. The normalized spacial score (nSPS) is 16.1. The summed E-state index contributed by atoms with van der Waals surface area (Å²) in [5, 5.41) is 6.04. The van der Waals surface area contributed by atoms with E-state index in [1.165, 1.54) is 13.3 Å². The van der Waals surface area contributed by atoms with Crippen molar-refractivity contribution in [3.8, 4) is 0 Å². The van der Waals surface area contributed by atoms with Gasteiger partial charge < -0.3 is 20.1 Å². The Balaban J connectivity index is 1.60. The number of methoxy groups -OCH3 is 1. The first-order chi connectivity index (χ1) is 12.7. The lowest BCUT2D eigenvalue weighted by Gasteiger charge is -2.12. The minimum absolute atomic E-state index is 0.209. The molecule has 7 nitrogen and oxygen atoms in total. The predicted octanol–water partition coefficient (Wildman–Crippen LogP) is 2.71. The molecular formula is C19H21N3O4. The van der Waals surface area contributed by atoms with Gasteiger partial charge in [0.2, 0.25) is 0 Å². The summed E-state index contributed by atoms with van der Waals surface area (Å²) in [7, 11) is 1.32. The Morgan fingerprint density at radius 3 is 2.69 bits per heavy atom. The smallest absolute Gasteiger partial charge is 0.337 e. The van der Waals surface area contributed by atoms with Gasteiger partial charge >= 0.3 is 5.97 Å². The fourth-order valence-electron chi connectivity index (χ4n) is 2.71. The highest BCUT2D eigenvalue weighted by Gasteiger charge is 2.15. The van der Waals surface area contributed by atoms with Crippen LogP contribution in [0.25, 0.3) is 0 Å². The molecule has 136 valence electrons. The number of pyridine rings is 1. The maximum absolute atomic E-state index is 12.4. The monoisotopic (exact) mass is 355 g/mol. The lowest BCUT2D eigenvalue weighted by molar-refractivity contribution is 0.0600. The largest absolute Gasteiger partial charge is 0.465 e. The van der Waals surface area contributed by atoms with Gasteiger partial charge in [-0.2, -0.15) is 0 Å². The number of nitrogens with one attached hydrogen (secondary N) is 2. The second-order valence-electron chi connectivity index (χ2n) is 6.00. The second kappa shape index (κ2) is 8.44. The Kier molecular flexibility index (Phi) is 5.80. The van der Waals surface area contributed by atoms with Crippen LogP contribution in [-0.2, 0) is 9.47 Å². The van der Waals surface area contributed by atoms with Gasteiger partial charge in [-0.15, -0.1) is 0 Å². The summed E-state index contributed by atoms with van der Waals surface area (Å²) < 4.78 is 10.2. The van der Waals surface area contributed by atoms with Gasteiger partial charge in [0, 0.05) is 31.2 Å². The van der Waals surface area contributed by atoms with Gasteiger partial charge in [-0.05, 0) is 43.2 Å². The summed E-state index contributed by atoms with van der Waals surface area (Å²) in [4.78, 5) is 28.0. The average molecular weight is 355 g/mol. The van der Waals surface area contributed by atoms with Gasteiger partial charge in [0.1, 0.15) is 0 Å². The zero-order chi connectivity index (χ0) is 18.4. The molecule has 1 aromatic carbocycles. The first-order valence-corrected chi connectivity index (χ1v) is 8.46. The molecule has 2 N–H and O–H groups in total. The van der Waals surface area contributed by atoms with Crippen LogP contribution in [0.4, 0.5) is 11.4 Å². The van der Waals surface area contributed by atoms with Gasteiger partial charge in [0.25, 0.3) is 5.91 Å². The molecule has 1 amide bonds. The molecule has 2 heterocycles. The van der Waals surface area contributed by atoms with Crippen molar-refractivity contribution in [2.45, 2.75) is 18.9 Å². The molecule has 0 aliphatic carbocycles. The summed E-state index contributed by atoms with van der Waals surface area (Å²) in [5.74, 6) is -0.693. The standard InChI is InChI=1S/C19H21N3O4/c1-25-19(24)13-4-6-15(7-5-13)22-18(23)14-9-16(11-20-10-14)21-12-17-3-2-8-26-17/h4-7,9-11,17,21H,2-3,8,12H2,1H3,(H,22,23). The van der Waals surface area contributed by atoms with Crippen LogP contribution < -0.4 is 10.6 Å². The van der Waals surface area contributed by atoms with E-state index in [1.807, 2.05) is 0 Å². The van der Waals surface area contributed by atoms with Crippen molar-refractivity contribution in [3.05, 3.63) is 53.9 Å². The molecule has 1 fully saturated rings. The van der Waals surface area contributed by atoms with Crippen molar-refractivity contribution in [3.63, 3.8) is 0 Å². The van der Waals surface area contributed by atoms with Crippen LogP contribution in [-0.4, -0.2) is 43.2 Å². The van der Waals surface area contributed by atoms with Gasteiger partial charge in [0.05, 0.1) is 30.0 Å². The molecule has 7 heteroatoms. The molecule has 1 saturated heterocycles. The van der Waals surface area contributed by atoms with Crippen LogP contribution in [0.3, 0.4) is 0 Å². The van der Waals surface area contributed by atoms with Gasteiger partial charge in [-0.25, -0.2) is 4.79 Å². The molecule has 1 aliphatic rings.